The minimum Gasteiger partial charge on any atom is -0.457 e. The predicted octanol–water partition coefficient (Wildman–Crippen LogP) is 4.59. The number of carbonyl (C=O) groups is 1. The molecule has 1 heterocycles. The van der Waals surface area contributed by atoms with E-state index >= 15 is 0 Å². The minimum atomic E-state index is -3.54. The molecule has 0 aliphatic carbocycles. The third-order valence-corrected chi connectivity index (χ3v) is 7.22. The molecule has 1 N–H and O–H groups in total. The number of anilines is 1. The van der Waals surface area contributed by atoms with E-state index in [0.29, 0.717) is 16.4 Å². The summed E-state index contributed by atoms with van der Waals surface area (Å²) < 4.78 is 32.1. The zero-order valence-corrected chi connectivity index (χ0v) is 18.4. The van der Waals surface area contributed by atoms with Gasteiger partial charge in [-0.2, -0.15) is 0 Å². The summed E-state index contributed by atoms with van der Waals surface area (Å²) >= 11 is 1.33. The van der Waals surface area contributed by atoms with Gasteiger partial charge in [0.15, 0.2) is 5.13 Å². The van der Waals surface area contributed by atoms with Gasteiger partial charge in [0.1, 0.15) is 11.5 Å². The van der Waals surface area contributed by atoms with Gasteiger partial charge in [0, 0.05) is 25.7 Å². The first kappa shape index (κ1) is 21.0. The van der Waals surface area contributed by atoms with Crippen LogP contribution in [0.1, 0.15) is 10.4 Å². The summed E-state index contributed by atoms with van der Waals surface area (Å²) in [5.41, 5.74) is 1.08. The van der Waals surface area contributed by atoms with Crippen LogP contribution in [0.25, 0.3) is 10.2 Å². The smallest absolute Gasteiger partial charge is 0.257 e. The Morgan fingerprint density at radius 2 is 1.68 bits per heavy atom. The van der Waals surface area contributed by atoms with Crippen molar-refractivity contribution in [3.8, 4) is 11.5 Å². The summed E-state index contributed by atoms with van der Waals surface area (Å²) in [6.45, 7) is 0. The molecule has 0 aliphatic rings. The minimum absolute atomic E-state index is 0.125. The summed E-state index contributed by atoms with van der Waals surface area (Å²) in [6.07, 6.45) is 0. The van der Waals surface area contributed by atoms with Crippen LogP contribution in [0, 0.1) is 0 Å². The van der Waals surface area contributed by atoms with Crippen LogP contribution in [0.4, 0.5) is 5.13 Å². The van der Waals surface area contributed by atoms with E-state index in [9.17, 15) is 13.2 Å². The number of hydrogen-bond donors (Lipinski definition) is 1. The number of ether oxygens (including phenoxy) is 1. The second kappa shape index (κ2) is 8.46. The van der Waals surface area contributed by atoms with E-state index in [1.807, 2.05) is 48.5 Å². The van der Waals surface area contributed by atoms with Gasteiger partial charge >= 0.3 is 0 Å². The molecule has 0 spiro atoms. The van der Waals surface area contributed by atoms with Crippen molar-refractivity contribution in [2.75, 3.05) is 19.4 Å². The molecule has 0 bridgehead atoms. The van der Waals surface area contributed by atoms with E-state index in [2.05, 4.69) is 10.3 Å². The van der Waals surface area contributed by atoms with E-state index in [0.717, 1.165) is 20.3 Å². The van der Waals surface area contributed by atoms with Crippen LogP contribution in [0.15, 0.2) is 77.7 Å². The van der Waals surface area contributed by atoms with Gasteiger partial charge in [0.2, 0.25) is 10.0 Å². The Hall–Kier alpha value is -3.27. The van der Waals surface area contributed by atoms with Crippen molar-refractivity contribution in [3.05, 3.63) is 78.4 Å². The Morgan fingerprint density at radius 1 is 0.968 bits per heavy atom. The molecule has 3 aromatic carbocycles. The van der Waals surface area contributed by atoms with Gasteiger partial charge < -0.3 is 4.74 Å². The number of aromatic nitrogens is 1. The fourth-order valence-electron chi connectivity index (χ4n) is 2.80. The Kier molecular flexibility index (Phi) is 5.73. The van der Waals surface area contributed by atoms with Crippen molar-refractivity contribution in [1.82, 2.24) is 9.29 Å². The number of thiazole rings is 1. The van der Waals surface area contributed by atoms with Crippen LogP contribution >= 0.6 is 11.3 Å². The number of benzene rings is 3. The Balaban J connectivity index is 1.50. The number of para-hydroxylation sites is 1. The molecule has 7 nitrogen and oxygen atoms in total. The second-order valence-electron chi connectivity index (χ2n) is 6.83. The topological polar surface area (TPSA) is 88.6 Å². The number of nitrogens with one attached hydrogen (secondary N) is 1. The average molecular weight is 454 g/mol. The largest absolute Gasteiger partial charge is 0.457 e. The molecule has 9 heteroatoms. The first-order valence-electron chi connectivity index (χ1n) is 9.30. The lowest BCUT2D eigenvalue weighted by Gasteiger charge is -2.11. The summed E-state index contributed by atoms with van der Waals surface area (Å²) in [7, 11) is -0.627. The van der Waals surface area contributed by atoms with Crippen molar-refractivity contribution in [2.24, 2.45) is 0 Å². The number of hydrogen-bond acceptors (Lipinski definition) is 6. The van der Waals surface area contributed by atoms with Gasteiger partial charge in [0.25, 0.3) is 5.91 Å². The maximum Gasteiger partial charge on any atom is 0.257 e. The van der Waals surface area contributed by atoms with Gasteiger partial charge in [-0.3, -0.25) is 10.1 Å². The van der Waals surface area contributed by atoms with Crippen molar-refractivity contribution in [2.45, 2.75) is 4.90 Å². The lowest BCUT2D eigenvalue weighted by Crippen LogP contribution is -2.22. The molecule has 1 amide bonds. The van der Waals surface area contributed by atoms with Crippen LogP contribution in [-0.4, -0.2) is 37.7 Å². The normalized spacial score (nSPS) is 11.6. The molecule has 0 fully saturated rings. The van der Waals surface area contributed by atoms with Crippen LogP contribution in [-0.2, 0) is 10.0 Å². The molecule has 0 unspecified atom stereocenters. The summed E-state index contributed by atoms with van der Waals surface area (Å²) in [5.74, 6) is 1.05. The van der Waals surface area contributed by atoms with E-state index < -0.39 is 10.0 Å². The van der Waals surface area contributed by atoms with E-state index in [1.165, 1.54) is 49.7 Å². The van der Waals surface area contributed by atoms with Gasteiger partial charge in [-0.25, -0.2) is 17.7 Å². The molecule has 0 radical (unpaired) electrons. The SMILES string of the molecule is CN(C)S(=O)(=O)c1ccc(C(=O)Nc2nc3ccc(Oc4ccccc4)cc3s2)cc1. The number of sulfonamides is 1. The maximum atomic E-state index is 12.6. The van der Waals surface area contributed by atoms with E-state index in [-0.39, 0.29) is 10.8 Å². The highest BCUT2D eigenvalue weighted by atomic mass is 32.2. The zero-order valence-electron chi connectivity index (χ0n) is 16.8. The van der Waals surface area contributed by atoms with E-state index in [1.54, 1.807) is 0 Å². The standard InChI is InChI=1S/C22H19N3O4S2/c1-25(2)31(27,28)18-11-8-15(9-12-18)21(26)24-22-23-19-13-10-17(14-20(19)30-22)29-16-6-4-3-5-7-16/h3-14H,1-2H3,(H,23,24,26). The number of carbonyl (C=O) groups excluding carboxylic acids is 1. The molecule has 0 saturated carbocycles. The first-order chi connectivity index (χ1) is 14.8. The fourth-order valence-corrected chi connectivity index (χ4v) is 4.60. The van der Waals surface area contributed by atoms with E-state index in [4.69, 9.17) is 4.74 Å². The van der Waals surface area contributed by atoms with Crippen LogP contribution < -0.4 is 10.1 Å². The van der Waals surface area contributed by atoms with Crippen LogP contribution in [0.2, 0.25) is 0 Å². The molecule has 158 valence electrons. The Bertz CT molecular complexity index is 1330. The third kappa shape index (κ3) is 4.58. The van der Waals surface area contributed by atoms with Crippen molar-refractivity contribution >= 4 is 42.6 Å². The molecule has 0 saturated heterocycles. The van der Waals surface area contributed by atoms with Crippen molar-refractivity contribution in [1.29, 1.82) is 0 Å². The van der Waals surface area contributed by atoms with Crippen molar-refractivity contribution in [3.63, 3.8) is 0 Å². The summed E-state index contributed by atoms with van der Waals surface area (Å²) in [6, 6.07) is 20.8. The maximum absolute atomic E-state index is 12.6. The number of nitrogens with zero attached hydrogens (tertiary/aromatic N) is 2. The molecule has 1 aromatic heterocycles. The Morgan fingerprint density at radius 3 is 2.35 bits per heavy atom. The number of amides is 1. The van der Waals surface area contributed by atoms with Gasteiger partial charge in [-0.05, 0) is 48.5 Å². The highest BCUT2D eigenvalue weighted by Gasteiger charge is 2.18. The second-order valence-corrected chi connectivity index (χ2v) is 10.0. The third-order valence-electron chi connectivity index (χ3n) is 4.45. The number of fused-ring (bicyclic) bond motifs is 1. The van der Waals surface area contributed by atoms with Gasteiger partial charge in [0.05, 0.1) is 15.1 Å². The van der Waals surface area contributed by atoms with Crippen LogP contribution in [0.3, 0.4) is 0 Å². The molecule has 31 heavy (non-hydrogen) atoms. The fraction of sp³-hybridized carbons (Fsp3) is 0.0909. The van der Waals surface area contributed by atoms with Crippen LogP contribution in [0.5, 0.6) is 11.5 Å². The molecular formula is C22H19N3O4S2. The summed E-state index contributed by atoms with van der Waals surface area (Å²) in [4.78, 5) is 17.1. The molecule has 4 rings (SSSR count). The van der Waals surface area contributed by atoms with Gasteiger partial charge in [-0.15, -0.1) is 0 Å². The monoisotopic (exact) mass is 453 g/mol. The zero-order chi connectivity index (χ0) is 22.0. The first-order valence-corrected chi connectivity index (χ1v) is 11.6. The number of rotatable bonds is 6. The lowest BCUT2D eigenvalue weighted by atomic mass is 10.2. The Labute approximate surface area is 184 Å². The van der Waals surface area contributed by atoms with Gasteiger partial charge in [-0.1, -0.05) is 29.5 Å². The summed E-state index contributed by atoms with van der Waals surface area (Å²) in [5, 5.41) is 3.21. The predicted molar refractivity (Wildman–Crippen MR) is 121 cm³/mol. The highest BCUT2D eigenvalue weighted by molar-refractivity contribution is 7.89. The lowest BCUT2D eigenvalue weighted by molar-refractivity contribution is 0.102. The molecule has 0 aliphatic heterocycles. The quantitative estimate of drug-likeness (QED) is 0.461. The average Bonchev–Trinajstić information content (AvgIpc) is 3.16. The molecule has 0 atom stereocenters. The molecule has 4 aromatic rings. The molecular weight excluding hydrogens is 434 g/mol. The highest BCUT2D eigenvalue weighted by Crippen LogP contribution is 2.31. The van der Waals surface area contributed by atoms with Crippen molar-refractivity contribution < 1.29 is 17.9 Å².